The number of alkyl halides is 3. The molecule has 1 heterocycles. The molecule has 1 aliphatic heterocycles. The summed E-state index contributed by atoms with van der Waals surface area (Å²) in [5, 5.41) is 3.01. The first-order valence-electron chi connectivity index (χ1n) is 5.91. The van der Waals surface area contributed by atoms with Crippen LogP contribution in [0.25, 0.3) is 0 Å². The van der Waals surface area contributed by atoms with Crippen molar-refractivity contribution in [1.82, 2.24) is 5.32 Å². The van der Waals surface area contributed by atoms with Crippen molar-refractivity contribution < 1.29 is 17.4 Å². The predicted octanol–water partition coefficient (Wildman–Crippen LogP) is 2.22. The van der Waals surface area contributed by atoms with Crippen LogP contribution in [-0.4, -0.2) is 33.0 Å². The lowest BCUT2D eigenvalue weighted by Gasteiger charge is -2.45. The third-order valence-corrected chi connectivity index (χ3v) is 5.87. The van der Waals surface area contributed by atoms with Crippen molar-refractivity contribution in [2.75, 3.05) is 5.75 Å². The number of halogens is 3. The summed E-state index contributed by atoms with van der Waals surface area (Å²) in [5.74, 6) is -0.825. The first-order chi connectivity index (χ1) is 7.69. The van der Waals surface area contributed by atoms with Crippen LogP contribution in [0.1, 0.15) is 33.1 Å². The van der Waals surface area contributed by atoms with Crippen LogP contribution in [0.3, 0.4) is 0 Å². The molecule has 2 nitrogen and oxygen atoms in total. The molecule has 0 aromatic heterocycles. The fourth-order valence-electron chi connectivity index (χ4n) is 2.89. The highest BCUT2D eigenvalue weighted by Gasteiger charge is 2.49. The molecule has 0 bridgehead atoms. The molecule has 100 valence electrons. The lowest BCUT2D eigenvalue weighted by atomic mass is 9.84. The van der Waals surface area contributed by atoms with E-state index in [2.05, 4.69) is 5.32 Å². The van der Waals surface area contributed by atoms with E-state index in [1.54, 1.807) is 0 Å². The normalized spacial score (nSPS) is 41.9. The van der Waals surface area contributed by atoms with E-state index < -0.39 is 22.9 Å². The molecule has 2 aliphatic rings. The first-order valence-corrected chi connectivity index (χ1v) is 7.29. The Hall–Kier alpha value is -0.100. The quantitative estimate of drug-likeness (QED) is 0.730. The average Bonchev–Trinajstić information content (AvgIpc) is 2.13. The van der Waals surface area contributed by atoms with Gasteiger partial charge >= 0.3 is 6.18 Å². The Bertz CT molecular complexity index is 329. The summed E-state index contributed by atoms with van der Waals surface area (Å²) in [6, 6.07) is -0.0156. The van der Waals surface area contributed by atoms with E-state index in [1.165, 1.54) is 0 Å². The summed E-state index contributed by atoms with van der Waals surface area (Å²) >= 11 is 0. The molecule has 0 radical (unpaired) electrons. The number of hydrogen-bond donors (Lipinski definition) is 1. The van der Waals surface area contributed by atoms with Crippen LogP contribution in [0.5, 0.6) is 0 Å². The van der Waals surface area contributed by atoms with Crippen molar-refractivity contribution in [3.05, 3.63) is 0 Å². The highest BCUT2D eigenvalue weighted by atomic mass is 32.2. The van der Waals surface area contributed by atoms with Crippen molar-refractivity contribution in [3.63, 3.8) is 0 Å². The Balaban J connectivity index is 2.10. The molecule has 4 atom stereocenters. The molecule has 0 spiro atoms. The molecular weight excluding hydrogens is 251 g/mol. The van der Waals surface area contributed by atoms with Gasteiger partial charge in [-0.1, -0.05) is 0 Å². The van der Waals surface area contributed by atoms with Crippen LogP contribution in [0, 0.1) is 5.92 Å². The summed E-state index contributed by atoms with van der Waals surface area (Å²) in [6.07, 6.45) is -3.49. The topological polar surface area (TPSA) is 29.1 Å². The second-order valence-corrected chi connectivity index (χ2v) is 7.41. The molecule has 1 saturated carbocycles. The minimum Gasteiger partial charge on any atom is -0.307 e. The van der Waals surface area contributed by atoms with E-state index in [1.807, 2.05) is 13.8 Å². The zero-order valence-corrected chi connectivity index (χ0v) is 10.8. The maximum absolute atomic E-state index is 12.7. The van der Waals surface area contributed by atoms with Crippen molar-refractivity contribution in [2.45, 2.75) is 56.1 Å². The molecule has 1 N–H and O–H groups in total. The number of nitrogens with one attached hydrogen (secondary N) is 1. The van der Waals surface area contributed by atoms with E-state index in [-0.39, 0.29) is 29.7 Å². The molecule has 2 rings (SSSR count). The van der Waals surface area contributed by atoms with Crippen LogP contribution in [-0.2, 0) is 10.8 Å². The molecule has 6 heteroatoms. The smallest absolute Gasteiger partial charge is 0.307 e. The van der Waals surface area contributed by atoms with E-state index in [0.717, 1.165) is 0 Å². The zero-order valence-electron chi connectivity index (χ0n) is 10.0. The summed E-state index contributed by atoms with van der Waals surface area (Å²) in [7, 11) is -1.14. The monoisotopic (exact) mass is 269 g/mol. The molecule has 0 aromatic carbocycles. The summed E-state index contributed by atoms with van der Waals surface area (Å²) < 4.78 is 50.0. The minimum absolute atomic E-state index is 0.0156. The van der Waals surface area contributed by atoms with Gasteiger partial charge in [-0.25, -0.2) is 0 Å². The van der Waals surface area contributed by atoms with E-state index in [4.69, 9.17) is 0 Å². The van der Waals surface area contributed by atoms with Crippen LogP contribution in [0.4, 0.5) is 13.2 Å². The molecule has 0 aromatic rings. The van der Waals surface area contributed by atoms with E-state index >= 15 is 0 Å². The molecule has 2 fully saturated rings. The largest absolute Gasteiger partial charge is 0.391 e. The second kappa shape index (κ2) is 4.23. The molecule has 1 aliphatic carbocycles. The number of hydrogen-bond acceptors (Lipinski definition) is 2. The Morgan fingerprint density at radius 1 is 1.29 bits per heavy atom. The number of fused-ring (bicyclic) bond motifs is 1. The Morgan fingerprint density at radius 2 is 1.94 bits per heavy atom. The fourth-order valence-corrected chi connectivity index (χ4v) is 4.91. The second-order valence-electron chi connectivity index (χ2n) is 5.75. The summed E-state index contributed by atoms with van der Waals surface area (Å²) in [4.78, 5) is 0. The molecule has 17 heavy (non-hydrogen) atoms. The van der Waals surface area contributed by atoms with Crippen LogP contribution in [0.15, 0.2) is 0 Å². The lowest BCUT2D eigenvalue weighted by molar-refractivity contribution is -0.182. The van der Waals surface area contributed by atoms with Crippen LogP contribution < -0.4 is 5.32 Å². The average molecular weight is 269 g/mol. The molecular formula is C11H18F3NOS. The third-order valence-electron chi connectivity index (χ3n) is 3.67. The maximum Gasteiger partial charge on any atom is 0.391 e. The Kier molecular flexibility index (Phi) is 3.32. The molecule has 4 unspecified atom stereocenters. The van der Waals surface area contributed by atoms with Gasteiger partial charge in [-0.15, -0.1) is 0 Å². The minimum atomic E-state index is -4.14. The summed E-state index contributed by atoms with van der Waals surface area (Å²) in [6.45, 7) is 3.91. The standard InChI is InChI=1S/C11H18F3NOS/c1-10(2)6-17(16)9-5-7(11(12,13)14)3-4-8(9)15-10/h7-9,15H,3-6H2,1-2H3. The van der Waals surface area contributed by atoms with Gasteiger partial charge in [0.2, 0.25) is 0 Å². The summed E-state index contributed by atoms with van der Waals surface area (Å²) in [5.41, 5.74) is -0.225. The van der Waals surface area contributed by atoms with Gasteiger partial charge in [0.25, 0.3) is 0 Å². The first kappa shape index (κ1) is 13.3. The van der Waals surface area contributed by atoms with Gasteiger partial charge in [-0.3, -0.25) is 4.21 Å². The van der Waals surface area contributed by atoms with Crippen molar-refractivity contribution in [2.24, 2.45) is 5.92 Å². The van der Waals surface area contributed by atoms with Crippen LogP contribution >= 0.6 is 0 Å². The van der Waals surface area contributed by atoms with Gasteiger partial charge in [-0.05, 0) is 33.1 Å². The van der Waals surface area contributed by atoms with Gasteiger partial charge in [-0.2, -0.15) is 13.2 Å². The van der Waals surface area contributed by atoms with Crippen molar-refractivity contribution >= 4 is 10.8 Å². The van der Waals surface area contributed by atoms with E-state index in [9.17, 15) is 17.4 Å². The van der Waals surface area contributed by atoms with Crippen molar-refractivity contribution in [1.29, 1.82) is 0 Å². The Morgan fingerprint density at radius 3 is 2.53 bits per heavy atom. The fraction of sp³-hybridized carbons (Fsp3) is 1.00. The zero-order chi connectivity index (χ0) is 12.8. The Labute approximate surface area is 102 Å². The highest BCUT2D eigenvalue weighted by molar-refractivity contribution is 7.85. The van der Waals surface area contributed by atoms with E-state index in [0.29, 0.717) is 12.2 Å². The van der Waals surface area contributed by atoms with Gasteiger partial charge in [0.1, 0.15) is 0 Å². The highest BCUT2D eigenvalue weighted by Crippen LogP contribution is 2.41. The molecule has 0 amide bonds. The van der Waals surface area contributed by atoms with Gasteiger partial charge in [0.05, 0.1) is 11.2 Å². The van der Waals surface area contributed by atoms with Gasteiger partial charge < -0.3 is 5.32 Å². The predicted molar refractivity (Wildman–Crippen MR) is 61.2 cm³/mol. The van der Waals surface area contributed by atoms with Crippen molar-refractivity contribution in [3.8, 4) is 0 Å². The molecule has 1 saturated heterocycles. The lowest BCUT2D eigenvalue weighted by Crippen LogP contribution is -2.62. The third kappa shape index (κ3) is 2.84. The van der Waals surface area contributed by atoms with Gasteiger partial charge in [0.15, 0.2) is 0 Å². The SMILES string of the molecule is CC1(C)CS(=O)C2CC(C(F)(F)F)CCC2N1. The maximum atomic E-state index is 12.7. The number of rotatable bonds is 0. The van der Waals surface area contributed by atoms with Crippen LogP contribution in [0.2, 0.25) is 0 Å². The van der Waals surface area contributed by atoms with Gasteiger partial charge in [0, 0.05) is 28.1 Å².